The fourth-order valence-electron chi connectivity index (χ4n) is 7.87. The van der Waals surface area contributed by atoms with Gasteiger partial charge in [0, 0.05) is 18.6 Å². The van der Waals surface area contributed by atoms with E-state index in [1.165, 1.54) is 29.8 Å². The summed E-state index contributed by atoms with van der Waals surface area (Å²) >= 11 is 3.57. The van der Waals surface area contributed by atoms with Crippen molar-refractivity contribution >= 4 is 27.9 Å². The van der Waals surface area contributed by atoms with E-state index in [2.05, 4.69) is 41.3 Å². The van der Waals surface area contributed by atoms with E-state index in [-0.39, 0.29) is 23.5 Å². The molecule has 7 atom stereocenters. The van der Waals surface area contributed by atoms with Gasteiger partial charge in [0.2, 0.25) is 0 Å². The number of hydrogen-bond acceptors (Lipinski definition) is 5. The molecule has 0 amide bonds. The third-order valence-corrected chi connectivity index (χ3v) is 10.9. The molecule has 0 aliphatic heterocycles. The number of ether oxygens (including phenoxy) is 3. The van der Waals surface area contributed by atoms with Crippen molar-refractivity contribution in [2.75, 3.05) is 13.7 Å². The normalized spacial score (nSPS) is 26.3. The van der Waals surface area contributed by atoms with Crippen LogP contribution in [0.5, 0.6) is 0 Å². The van der Waals surface area contributed by atoms with Crippen molar-refractivity contribution < 1.29 is 37.0 Å². The second-order valence-electron chi connectivity index (χ2n) is 14.2. The van der Waals surface area contributed by atoms with Crippen LogP contribution >= 0.6 is 15.9 Å². The second-order valence-corrected chi connectivity index (χ2v) is 14.6. The number of methoxy groups -OCH3 is 1. The Labute approximate surface area is 275 Å². The number of carbonyl (C=O) groups excluding carboxylic acids is 2. The van der Waals surface area contributed by atoms with E-state index in [0.29, 0.717) is 30.3 Å². The molecule has 2 aliphatic carbocycles. The van der Waals surface area contributed by atoms with Gasteiger partial charge in [-0.15, -0.1) is 0 Å². The van der Waals surface area contributed by atoms with Gasteiger partial charge in [0.1, 0.15) is 12.7 Å². The van der Waals surface area contributed by atoms with Gasteiger partial charge >= 0.3 is 18.1 Å². The van der Waals surface area contributed by atoms with Gasteiger partial charge in [0.25, 0.3) is 5.60 Å². The summed E-state index contributed by atoms with van der Waals surface area (Å²) in [5, 5.41) is 0. The molecule has 2 aliphatic rings. The van der Waals surface area contributed by atoms with Gasteiger partial charge in [0.15, 0.2) is 0 Å². The standard InChI is InChI=1S/C36H50BrF3O5/c1-9-27(24(3)22-44-31(41)33(4,5)6)30(20-23(2)28-17-18-29-25(21-37)14-13-19-34(28,29)7)45-32(42)35(43-8,36(38,39)40)26-15-11-10-12-16-26/h10-12,15-16,21,23,27-30H,3,9,13-14,17-20,22H2,1-2,4-8H3/b25-21+/t23-,27-,28-,29+,30-,34-,35+/m1/s1. The van der Waals surface area contributed by atoms with Crippen LogP contribution in [0.25, 0.3) is 0 Å². The third-order valence-electron chi connectivity index (χ3n) is 10.3. The Balaban J connectivity index is 1.99. The highest BCUT2D eigenvalue weighted by molar-refractivity contribution is 9.11. The molecule has 0 spiro atoms. The smallest absolute Gasteiger partial charge is 0.432 e. The minimum Gasteiger partial charge on any atom is -0.461 e. The fourth-order valence-corrected chi connectivity index (χ4v) is 8.42. The van der Waals surface area contributed by atoms with Gasteiger partial charge in [-0.3, -0.25) is 4.79 Å². The van der Waals surface area contributed by atoms with Crippen LogP contribution in [0.1, 0.15) is 92.1 Å². The van der Waals surface area contributed by atoms with Crippen molar-refractivity contribution in [2.24, 2.45) is 34.5 Å². The molecule has 0 saturated heterocycles. The molecule has 252 valence electrons. The highest BCUT2D eigenvalue weighted by Gasteiger charge is 2.64. The summed E-state index contributed by atoms with van der Waals surface area (Å²) in [6.45, 7) is 15.6. The van der Waals surface area contributed by atoms with Gasteiger partial charge in [-0.05, 0) is 99.4 Å². The number of allylic oxidation sites excluding steroid dienone is 1. The first-order valence-electron chi connectivity index (χ1n) is 16.0. The summed E-state index contributed by atoms with van der Waals surface area (Å²) < 4.78 is 61.1. The molecule has 0 N–H and O–H groups in total. The third kappa shape index (κ3) is 7.72. The minimum absolute atomic E-state index is 0.0333. The molecule has 0 radical (unpaired) electrons. The number of fused-ring (bicyclic) bond motifs is 1. The lowest BCUT2D eigenvalue weighted by molar-refractivity contribution is -0.279. The number of esters is 2. The predicted octanol–water partition coefficient (Wildman–Crippen LogP) is 9.70. The molecule has 0 unspecified atom stereocenters. The van der Waals surface area contributed by atoms with Gasteiger partial charge in [-0.1, -0.05) is 79.2 Å². The predicted molar refractivity (Wildman–Crippen MR) is 173 cm³/mol. The molecule has 2 fully saturated rings. The number of hydrogen-bond donors (Lipinski definition) is 0. The molecule has 0 heterocycles. The van der Waals surface area contributed by atoms with Crippen molar-refractivity contribution in [2.45, 2.75) is 104 Å². The van der Waals surface area contributed by atoms with Gasteiger partial charge in [-0.2, -0.15) is 13.2 Å². The molecule has 0 aromatic heterocycles. The van der Waals surface area contributed by atoms with Crippen LogP contribution in [0.3, 0.4) is 0 Å². The number of halogens is 4. The monoisotopic (exact) mass is 698 g/mol. The lowest BCUT2D eigenvalue weighted by Crippen LogP contribution is -2.53. The van der Waals surface area contributed by atoms with Crippen molar-refractivity contribution in [1.82, 2.24) is 0 Å². The number of rotatable bonds is 12. The summed E-state index contributed by atoms with van der Waals surface area (Å²) in [7, 11) is 0.874. The maximum atomic E-state index is 14.8. The van der Waals surface area contributed by atoms with E-state index in [0.717, 1.165) is 39.2 Å². The molecule has 5 nitrogen and oxygen atoms in total. The first-order valence-corrected chi connectivity index (χ1v) is 16.9. The highest BCUT2D eigenvalue weighted by Crippen LogP contribution is 2.60. The molecular formula is C36H50BrF3O5. The minimum atomic E-state index is -5.09. The number of carbonyl (C=O) groups is 2. The largest absolute Gasteiger partial charge is 0.461 e. The summed E-state index contributed by atoms with van der Waals surface area (Å²) in [6.07, 6.45) is -0.0218. The summed E-state index contributed by atoms with van der Waals surface area (Å²) in [5.74, 6) is -1.71. The van der Waals surface area contributed by atoms with Crippen molar-refractivity contribution in [3.05, 3.63) is 58.6 Å². The number of benzene rings is 1. The summed E-state index contributed by atoms with van der Waals surface area (Å²) in [5.41, 5.74) is -2.45. The molecule has 2 saturated carbocycles. The van der Waals surface area contributed by atoms with E-state index in [4.69, 9.17) is 14.2 Å². The average molecular weight is 700 g/mol. The van der Waals surface area contributed by atoms with Crippen LogP contribution in [0.4, 0.5) is 13.2 Å². The van der Waals surface area contributed by atoms with Crippen LogP contribution in [0.2, 0.25) is 0 Å². The van der Waals surface area contributed by atoms with E-state index in [1.807, 2.05) is 6.92 Å². The Hall–Kier alpha value is -2.13. The molecule has 3 rings (SSSR count). The van der Waals surface area contributed by atoms with Crippen LogP contribution in [-0.4, -0.2) is 37.9 Å². The Morgan fingerprint density at radius 2 is 1.78 bits per heavy atom. The zero-order valence-electron chi connectivity index (χ0n) is 27.8. The Morgan fingerprint density at radius 1 is 1.13 bits per heavy atom. The van der Waals surface area contributed by atoms with Crippen molar-refractivity contribution in [1.29, 1.82) is 0 Å². The molecule has 1 aromatic rings. The molecular weight excluding hydrogens is 649 g/mol. The summed E-state index contributed by atoms with van der Waals surface area (Å²) in [4.78, 5) is 28.5. The van der Waals surface area contributed by atoms with Crippen LogP contribution in [0.15, 0.2) is 53.0 Å². The van der Waals surface area contributed by atoms with Gasteiger partial charge in [-0.25, -0.2) is 4.79 Å². The maximum Gasteiger partial charge on any atom is 0.432 e. The molecule has 0 bridgehead atoms. The van der Waals surface area contributed by atoms with Crippen LogP contribution in [0, 0.1) is 34.5 Å². The van der Waals surface area contributed by atoms with E-state index >= 15 is 0 Å². The van der Waals surface area contributed by atoms with E-state index in [9.17, 15) is 22.8 Å². The lowest BCUT2D eigenvalue weighted by atomic mass is 9.61. The van der Waals surface area contributed by atoms with Gasteiger partial charge in [0.05, 0.1) is 5.41 Å². The maximum absolute atomic E-state index is 14.8. The van der Waals surface area contributed by atoms with E-state index in [1.54, 1.807) is 26.8 Å². The van der Waals surface area contributed by atoms with Crippen molar-refractivity contribution in [3.63, 3.8) is 0 Å². The second kappa shape index (κ2) is 14.7. The molecule has 9 heteroatoms. The SMILES string of the molecule is C=C(COC(=O)C(C)(C)C)[C@@H](CC)[C@@H](C[C@@H](C)[C@H]1CC[C@H]2/C(=C/Br)CCC[C@]12C)OC(=O)[C@@](OC)(c1ccccc1)C(F)(F)F. The lowest BCUT2D eigenvalue weighted by Gasteiger charge is -2.45. The molecule has 45 heavy (non-hydrogen) atoms. The quantitative estimate of drug-likeness (QED) is 0.161. The number of alkyl halides is 3. The summed E-state index contributed by atoms with van der Waals surface area (Å²) in [6, 6.07) is 6.87. The van der Waals surface area contributed by atoms with Crippen LogP contribution < -0.4 is 0 Å². The fraction of sp³-hybridized carbons (Fsp3) is 0.667. The van der Waals surface area contributed by atoms with Crippen LogP contribution in [-0.2, 0) is 29.4 Å². The zero-order valence-corrected chi connectivity index (χ0v) is 29.4. The average Bonchev–Trinajstić information content (AvgIpc) is 3.33. The van der Waals surface area contributed by atoms with E-state index < -0.39 is 41.2 Å². The first-order chi connectivity index (χ1) is 21.0. The molecule has 1 aromatic carbocycles. The Kier molecular flexibility index (Phi) is 12.2. The zero-order chi connectivity index (χ0) is 33.8. The highest BCUT2D eigenvalue weighted by atomic mass is 79.9. The topological polar surface area (TPSA) is 61.8 Å². The van der Waals surface area contributed by atoms with Crippen molar-refractivity contribution in [3.8, 4) is 0 Å². The Morgan fingerprint density at radius 3 is 2.31 bits per heavy atom. The first kappa shape index (κ1) is 37.3. The van der Waals surface area contributed by atoms with Gasteiger partial charge < -0.3 is 14.2 Å². The Bertz CT molecular complexity index is 1220.